The average Bonchev–Trinajstić information content (AvgIpc) is 2.37. The van der Waals surface area contributed by atoms with Crippen molar-refractivity contribution in [1.29, 1.82) is 0 Å². The van der Waals surface area contributed by atoms with Crippen molar-refractivity contribution in [2.45, 2.75) is 13.8 Å². The van der Waals surface area contributed by atoms with Gasteiger partial charge in [-0.1, -0.05) is 23.2 Å². The molecule has 0 aliphatic carbocycles. The van der Waals surface area contributed by atoms with Crippen LogP contribution in [-0.2, 0) is 0 Å². The zero-order chi connectivity index (χ0) is 15.2. The minimum Gasteiger partial charge on any atom is -0.464 e. The van der Waals surface area contributed by atoms with Gasteiger partial charge in [0.1, 0.15) is 5.75 Å². The molecule has 0 saturated carbocycles. The normalized spacial score (nSPS) is 10.3. The van der Waals surface area contributed by atoms with Gasteiger partial charge in [-0.3, -0.25) is 0 Å². The summed E-state index contributed by atoms with van der Waals surface area (Å²) in [6.07, 6.45) is 0. The molecule has 8 heteroatoms. The van der Waals surface area contributed by atoms with Crippen LogP contribution in [0.3, 0.4) is 0 Å². The molecule has 0 aliphatic rings. The smallest absolute Gasteiger partial charge is 0.330 e. The maximum atomic E-state index is 5.92. The number of benzene rings is 1. The fourth-order valence-electron chi connectivity index (χ4n) is 1.51. The molecule has 2 rings (SSSR count). The van der Waals surface area contributed by atoms with E-state index in [1.807, 2.05) is 13.8 Å². The molecule has 0 unspecified atom stereocenters. The van der Waals surface area contributed by atoms with E-state index in [9.17, 15) is 0 Å². The summed E-state index contributed by atoms with van der Waals surface area (Å²) in [6, 6.07) is 5.13. The van der Waals surface area contributed by atoms with Crippen LogP contribution in [0.5, 0.6) is 17.8 Å². The summed E-state index contributed by atoms with van der Waals surface area (Å²) in [5.41, 5.74) is 0. The molecule has 1 aromatic heterocycles. The van der Waals surface area contributed by atoms with Crippen LogP contribution in [0.1, 0.15) is 13.8 Å². The predicted octanol–water partition coefficient (Wildman–Crippen LogP) is 3.80. The molecule has 6 nitrogen and oxygen atoms in total. The first-order valence-corrected chi connectivity index (χ1v) is 7.13. The lowest BCUT2D eigenvalue weighted by Crippen LogP contribution is -2.07. The van der Waals surface area contributed by atoms with Gasteiger partial charge in [0, 0.05) is 16.6 Å². The number of hydrogen-bond donors (Lipinski definition) is 1. The van der Waals surface area contributed by atoms with Gasteiger partial charge in [0.2, 0.25) is 5.95 Å². The van der Waals surface area contributed by atoms with E-state index in [1.54, 1.807) is 18.2 Å². The van der Waals surface area contributed by atoms with E-state index >= 15 is 0 Å². The molecule has 0 saturated heterocycles. The maximum Gasteiger partial charge on any atom is 0.330 e. The molecule has 1 N–H and O–H groups in total. The monoisotopic (exact) mass is 328 g/mol. The maximum absolute atomic E-state index is 5.92. The summed E-state index contributed by atoms with van der Waals surface area (Å²) in [4.78, 5) is 12.3. The second-order valence-electron chi connectivity index (χ2n) is 3.89. The predicted molar refractivity (Wildman–Crippen MR) is 81.7 cm³/mol. The van der Waals surface area contributed by atoms with Crippen molar-refractivity contribution in [2.75, 3.05) is 18.5 Å². The molecule has 0 bridgehead atoms. The van der Waals surface area contributed by atoms with Crippen molar-refractivity contribution >= 4 is 29.2 Å². The first-order chi connectivity index (χ1) is 10.1. The van der Waals surface area contributed by atoms with Crippen molar-refractivity contribution in [1.82, 2.24) is 15.0 Å². The van der Waals surface area contributed by atoms with E-state index in [0.29, 0.717) is 34.9 Å². The minimum absolute atomic E-state index is 0.0998. The summed E-state index contributed by atoms with van der Waals surface area (Å²) < 4.78 is 10.8. The highest BCUT2D eigenvalue weighted by atomic mass is 35.5. The minimum atomic E-state index is 0.0998. The van der Waals surface area contributed by atoms with Crippen molar-refractivity contribution in [2.24, 2.45) is 0 Å². The van der Waals surface area contributed by atoms with Gasteiger partial charge in [-0.15, -0.1) is 4.98 Å². The molecule has 112 valence electrons. The van der Waals surface area contributed by atoms with Gasteiger partial charge < -0.3 is 14.8 Å². The van der Waals surface area contributed by atoms with Gasteiger partial charge in [-0.2, -0.15) is 9.97 Å². The molecule has 0 atom stereocenters. The third kappa shape index (κ3) is 4.61. The summed E-state index contributed by atoms with van der Waals surface area (Å²) >= 11 is 11.8. The van der Waals surface area contributed by atoms with Gasteiger partial charge in [0.05, 0.1) is 6.61 Å². The summed E-state index contributed by atoms with van der Waals surface area (Å²) in [5.74, 6) is 0.808. The summed E-state index contributed by atoms with van der Waals surface area (Å²) in [6.45, 7) is 4.88. The van der Waals surface area contributed by atoms with Crippen LogP contribution in [0, 0.1) is 0 Å². The highest BCUT2D eigenvalue weighted by Crippen LogP contribution is 2.27. The standard InChI is InChI=1S/C13H14Cl2N4O2/c1-3-16-11-17-12(20-4-2)19-13(18-11)21-10-6-8(14)5-9(15)7-10/h5-7H,3-4H2,1-2H3,(H,16,17,18,19). The Hall–Kier alpha value is -1.79. The van der Waals surface area contributed by atoms with Gasteiger partial charge in [-0.05, 0) is 32.0 Å². The van der Waals surface area contributed by atoms with Crippen molar-refractivity contribution in [3.8, 4) is 17.8 Å². The lowest BCUT2D eigenvalue weighted by atomic mass is 10.3. The summed E-state index contributed by atoms with van der Waals surface area (Å²) in [7, 11) is 0. The number of ether oxygens (including phenoxy) is 2. The Morgan fingerprint density at radius 2 is 1.67 bits per heavy atom. The van der Waals surface area contributed by atoms with E-state index < -0.39 is 0 Å². The Morgan fingerprint density at radius 1 is 1.00 bits per heavy atom. The third-order valence-electron chi connectivity index (χ3n) is 2.25. The van der Waals surface area contributed by atoms with Crippen LogP contribution >= 0.6 is 23.2 Å². The molecular formula is C13H14Cl2N4O2. The molecule has 2 aromatic rings. The van der Waals surface area contributed by atoms with Crippen LogP contribution in [0.15, 0.2) is 18.2 Å². The average molecular weight is 329 g/mol. The van der Waals surface area contributed by atoms with E-state index in [1.165, 1.54) is 0 Å². The van der Waals surface area contributed by atoms with Gasteiger partial charge >= 0.3 is 12.0 Å². The SMILES string of the molecule is CCNc1nc(OCC)nc(Oc2cc(Cl)cc(Cl)c2)n1. The highest BCUT2D eigenvalue weighted by molar-refractivity contribution is 6.34. The van der Waals surface area contributed by atoms with Crippen molar-refractivity contribution < 1.29 is 9.47 Å². The van der Waals surface area contributed by atoms with Crippen LogP contribution in [0.2, 0.25) is 10.0 Å². The fraction of sp³-hybridized carbons (Fsp3) is 0.308. The second-order valence-corrected chi connectivity index (χ2v) is 4.77. The topological polar surface area (TPSA) is 69.2 Å². The Bertz CT molecular complexity index is 581. The van der Waals surface area contributed by atoms with E-state index in [0.717, 1.165) is 0 Å². The first-order valence-electron chi connectivity index (χ1n) is 6.37. The molecule has 1 heterocycles. The third-order valence-corrected chi connectivity index (χ3v) is 2.68. The Labute approximate surface area is 132 Å². The first kappa shape index (κ1) is 15.6. The van der Waals surface area contributed by atoms with Crippen LogP contribution in [0.25, 0.3) is 0 Å². The molecule has 21 heavy (non-hydrogen) atoms. The molecule has 0 amide bonds. The van der Waals surface area contributed by atoms with Crippen LogP contribution in [-0.4, -0.2) is 28.1 Å². The Kier molecular flexibility index (Phi) is 5.41. The fourth-order valence-corrected chi connectivity index (χ4v) is 2.01. The molecule has 0 aliphatic heterocycles. The molecule has 1 aromatic carbocycles. The number of aromatic nitrogens is 3. The number of anilines is 1. The van der Waals surface area contributed by atoms with Crippen molar-refractivity contribution in [3.63, 3.8) is 0 Å². The van der Waals surface area contributed by atoms with Crippen molar-refractivity contribution in [3.05, 3.63) is 28.2 Å². The van der Waals surface area contributed by atoms with Gasteiger partial charge in [-0.25, -0.2) is 0 Å². The number of hydrogen-bond acceptors (Lipinski definition) is 6. The molecular weight excluding hydrogens is 315 g/mol. The van der Waals surface area contributed by atoms with Gasteiger partial charge in [0.25, 0.3) is 0 Å². The lowest BCUT2D eigenvalue weighted by Gasteiger charge is -2.09. The van der Waals surface area contributed by atoms with Crippen LogP contribution < -0.4 is 14.8 Å². The van der Waals surface area contributed by atoms with Crippen LogP contribution in [0.4, 0.5) is 5.95 Å². The Morgan fingerprint density at radius 3 is 2.29 bits per heavy atom. The second kappa shape index (κ2) is 7.28. The number of halogens is 2. The zero-order valence-corrected chi connectivity index (χ0v) is 13.1. The van der Waals surface area contributed by atoms with E-state index in [4.69, 9.17) is 32.7 Å². The quantitative estimate of drug-likeness (QED) is 0.869. The molecule has 0 radical (unpaired) electrons. The van der Waals surface area contributed by atoms with E-state index in [2.05, 4.69) is 20.3 Å². The molecule has 0 spiro atoms. The largest absolute Gasteiger partial charge is 0.464 e. The number of rotatable bonds is 6. The summed E-state index contributed by atoms with van der Waals surface area (Å²) in [5, 5.41) is 3.90. The zero-order valence-electron chi connectivity index (χ0n) is 11.6. The highest BCUT2D eigenvalue weighted by Gasteiger charge is 2.10. The number of nitrogens with one attached hydrogen (secondary N) is 1. The lowest BCUT2D eigenvalue weighted by molar-refractivity contribution is 0.304. The Balaban J connectivity index is 2.28. The number of nitrogens with zero attached hydrogens (tertiary/aromatic N) is 3. The molecule has 0 fully saturated rings. The van der Waals surface area contributed by atoms with E-state index in [-0.39, 0.29) is 12.0 Å². The van der Waals surface area contributed by atoms with Gasteiger partial charge in [0.15, 0.2) is 0 Å².